The van der Waals surface area contributed by atoms with Gasteiger partial charge in [-0.2, -0.15) is 0 Å². The Labute approximate surface area is 122 Å². The molecule has 0 fully saturated rings. The molecule has 7 nitrogen and oxygen atoms in total. The van der Waals surface area contributed by atoms with E-state index in [0.717, 1.165) is 5.56 Å². The summed E-state index contributed by atoms with van der Waals surface area (Å²) in [6.07, 6.45) is 0.664. The topological polar surface area (TPSA) is 85.9 Å². The number of benzene rings is 1. The number of carbonyl (C=O) groups is 2. The Bertz CT molecular complexity index is 518. The third kappa shape index (κ3) is 4.35. The summed E-state index contributed by atoms with van der Waals surface area (Å²) < 4.78 is 15.3. The molecule has 2 amide bonds. The summed E-state index contributed by atoms with van der Waals surface area (Å²) in [5.74, 6) is 0.0173. The van der Waals surface area contributed by atoms with E-state index in [4.69, 9.17) is 14.2 Å². The SMILES string of the molecule is COCCCNC(=O)C(=O)NCc1ccc2c(c1)OCO2. The number of rotatable bonds is 6. The average molecular weight is 294 g/mol. The molecule has 0 spiro atoms. The Balaban J connectivity index is 1.74. The molecule has 1 aliphatic rings. The standard InChI is InChI=1S/C14H18N2O5/c1-19-6-2-5-15-13(17)14(18)16-8-10-3-4-11-12(7-10)21-9-20-11/h3-4,7H,2,5-6,8-9H2,1H3,(H,15,17)(H,16,18). The van der Waals surface area contributed by atoms with E-state index in [1.54, 1.807) is 19.2 Å². The van der Waals surface area contributed by atoms with Crippen molar-refractivity contribution in [3.63, 3.8) is 0 Å². The van der Waals surface area contributed by atoms with Gasteiger partial charge in [-0.25, -0.2) is 0 Å². The van der Waals surface area contributed by atoms with E-state index in [1.807, 2.05) is 6.07 Å². The van der Waals surface area contributed by atoms with E-state index >= 15 is 0 Å². The fourth-order valence-corrected chi connectivity index (χ4v) is 1.81. The number of carbonyl (C=O) groups excluding carboxylic acids is 2. The highest BCUT2D eigenvalue weighted by Crippen LogP contribution is 2.32. The zero-order valence-electron chi connectivity index (χ0n) is 11.8. The molecule has 7 heteroatoms. The van der Waals surface area contributed by atoms with Crippen molar-refractivity contribution in [3.05, 3.63) is 23.8 Å². The molecular formula is C14H18N2O5. The number of hydrogen-bond donors (Lipinski definition) is 2. The third-order valence-electron chi connectivity index (χ3n) is 2.91. The summed E-state index contributed by atoms with van der Waals surface area (Å²) in [6, 6.07) is 5.36. The van der Waals surface area contributed by atoms with E-state index in [-0.39, 0.29) is 13.3 Å². The molecule has 1 aliphatic heterocycles. The summed E-state index contributed by atoms with van der Waals surface area (Å²) in [6.45, 7) is 1.40. The molecule has 0 atom stereocenters. The summed E-state index contributed by atoms with van der Waals surface area (Å²) in [5, 5.41) is 5.07. The second kappa shape index (κ2) is 7.49. The quantitative estimate of drug-likeness (QED) is 0.577. The van der Waals surface area contributed by atoms with Crippen molar-refractivity contribution in [2.24, 2.45) is 0 Å². The zero-order valence-corrected chi connectivity index (χ0v) is 11.8. The van der Waals surface area contributed by atoms with Crippen LogP contribution in [0.5, 0.6) is 11.5 Å². The van der Waals surface area contributed by atoms with Crippen molar-refractivity contribution in [1.82, 2.24) is 10.6 Å². The molecular weight excluding hydrogens is 276 g/mol. The number of methoxy groups -OCH3 is 1. The molecule has 0 aliphatic carbocycles. The maximum atomic E-state index is 11.6. The van der Waals surface area contributed by atoms with Crippen LogP contribution in [-0.2, 0) is 20.9 Å². The van der Waals surface area contributed by atoms with Crippen molar-refractivity contribution in [1.29, 1.82) is 0 Å². The maximum Gasteiger partial charge on any atom is 0.309 e. The molecule has 21 heavy (non-hydrogen) atoms. The minimum atomic E-state index is -0.662. The predicted octanol–water partition coefficient (Wildman–Crippen LogP) is 0.184. The largest absolute Gasteiger partial charge is 0.454 e. The van der Waals surface area contributed by atoms with Gasteiger partial charge < -0.3 is 24.8 Å². The first-order chi connectivity index (χ1) is 10.2. The molecule has 1 aromatic rings. The fourth-order valence-electron chi connectivity index (χ4n) is 1.81. The van der Waals surface area contributed by atoms with Gasteiger partial charge in [0, 0.05) is 26.8 Å². The molecule has 0 bridgehead atoms. The fraction of sp³-hybridized carbons (Fsp3) is 0.429. The van der Waals surface area contributed by atoms with Crippen LogP contribution < -0.4 is 20.1 Å². The number of ether oxygens (including phenoxy) is 3. The normalized spacial score (nSPS) is 12.0. The van der Waals surface area contributed by atoms with Crippen molar-refractivity contribution < 1.29 is 23.8 Å². The maximum absolute atomic E-state index is 11.6. The number of nitrogens with one attached hydrogen (secondary N) is 2. The van der Waals surface area contributed by atoms with Gasteiger partial charge in [-0.15, -0.1) is 0 Å². The molecule has 0 unspecified atom stereocenters. The minimum absolute atomic E-state index is 0.203. The van der Waals surface area contributed by atoms with Gasteiger partial charge in [0.1, 0.15) is 0 Å². The molecule has 0 saturated carbocycles. The number of hydrogen-bond acceptors (Lipinski definition) is 5. The Morgan fingerprint density at radius 1 is 1.19 bits per heavy atom. The third-order valence-corrected chi connectivity index (χ3v) is 2.91. The number of amides is 2. The second-order valence-corrected chi connectivity index (χ2v) is 4.47. The van der Waals surface area contributed by atoms with Gasteiger partial charge in [0.05, 0.1) is 0 Å². The monoisotopic (exact) mass is 294 g/mol. The van der Waals surface area contributed by atoms with Crippen LogP contribution in [0.4, 0.5) is 0 Å². The highest BCUT2D eigenvalue weighted by Gasteiger charge is 2.15. The van der Waals surface area contributed by atoms with Gasteiger partial charge in [-0.1, -0.05) is 6.07 Å². The van der Waals surface area contributed by atoms with Crippen LogP contribution in [0.25, 0.3) is 0 Å². The van der Waals surface area contributed by atoms with E-state index in [2.05, 4.69) is 10.6 Å². The van der Waals surface area contributed by atoms with Crippen molar-refractivity contribution in [2.75, 3.05) is 27.1 Å². The Hall–Kier alpha value is -2.28. The lowest BCUT2D eigenvalue weighted by atomic mass is 10.2. The van der Waals surface area contributed by atoms with Gasteiger partial charge in [0.25, 0.3) is 0 Å². The smallest absolute Gasteiger partial charge is 0.309 e. The Morgan fingerprint density at radius 2 is 1.95 bits per heavy atom. The van der Waals surface area contributed by atoms with Crippen molar-refractivity contribution in [2.45, 2.75) is 13.0 Å². The van der Waals surface area contributed by atoms with Gasteiger partial charge in [-0.05, 0) is 24.1 Å². The van der Waals surface area contributed by atoms with Gasteiger partial charge in [0.2, 0.25) is 6.79 Å². The summed E-state index contributed by atoms with van der Waals surface area (Å²) in [4.78, 5) is 23.1. The lowest BCUT2D eigenvalue weighted by Crippen LogP contribution is -2.40. The molecule has 0 radical (unpaired) electrons. The summed E-state index contributed by atoms with van der Waals surface area (Å²) in [5.41, 5.74) is 0.833. The minimum Gasteiger partial charge on any atom is -0.454 e. The molecule has 0 saturated heterocycles. The Kier molecular flexibility index (Phi) is 5.39. The van der Waals surface area contributed by atoms with Crippen LogP contribution in [-0.4, -0.2) is 38.9 Å². The highest BCUT2D eigenvalue weighted by atomic mass is 16.7. The molecule has 2 rings (SSSR count). The highest BCUT2D eigenvalue weighted by molar-refractivity contribution is 6.35. The van der Waals surface area contributed by atoms with Crippen molar-refractivity contribution >= 4 is 11.8 Å². The molecule has 1 heterocycles. The molecule has 0 aromatic heterocycles. The second-order valence-electron chi connectivity index (χ2n) is 4.47. The van der Waals surface area contributed by atoms with Gasteiger partial charge >= 0.3 is 11.8 Å². The first-order valence-corrected chi connectivity index (χ1v) is 6.64. The van der Waals surface area contributed by atoms with Crippen LogP contribution in [0.2, 0.25) is 0 Å². The van der Waals surface area contributed by atoms with E-state index in [1.165, 1.54) is 0 Å². The first kappa shape index (κ1) is 15.1. The molecule has 1 aromatic carbocycles. The van der Waals surface area contributed by atoms with Crippen molar-refractivity contribution in [3.8, 4) is 11.5 Å². The predicted molar refractivity (Wildman–Crippen MR) is 73.9 cm³/mol. The van der Waals surface area contributed by atoms with Gasteiger partial charge in [-0.3, -0.25) is 9.59 Å². The van der Waals surface area contributed by atoms with Crippen LogP contribution in [0, 0.1) is 0 Å². The summed E-state index contributed by atoms with van der Waals surface area (Å²) in [7, 11) is 1.58. The van der Waals surface area contributed by atoms with Crippen LogP contribution in [0.15, 0.2) is 18.2 Å². The van der Waals surface area contributed by atoms with Crippen LogP contribution in [0.3, 0.4) is 0 Å². The van der Waals surface area contributed by atoms with E-state index in [0.29, 0.717) is 31.1 Å². The lowest BCUT2D eigenvalue weighted by Gasteiger charge is -2.07. The molecule has 2 N–H and O–H groups in total. The van der Waals surface area contributed by atoms with Gasteiger partial charge in [0.15, 0.2) is 11.5 Å². The number of fused-ring (bicyclic) bond motifs is 1. The zero-order chi connectivity index (χ0) is 15.1. The van der Waals surface area contributed by atoms with E-state index < -0.39 is 11.8 Å². The Morgan fingerprint density at radius 3 is 2.76 bits per heavy atom. The lowest BCUT2D eigenvalue weighted by molar-refractivity contribution is -0.139. The average Bonchev–Trinajstić information content (AvgIpc) is 2.96. The molecule has 114 valence electrons. The van der Waals surface area contributed by atoms with Crippen LogP contribution >= 0.6 is 0 Å². The first-order valence-electron chi connectivity index (χ1n) is 6.64. The summed E-state index contributed by atoms with van der Waals surface area (Å²) >= 11 is 0. The van der Waals surface area contributed by atoms with E-state index in [9.17, 15) is 9.59 Å². The van der Waals surface area contributed by atoms with Crippen LogP contribution in [0.1, 0.15) is 12.0 Å².